The van der Waals surface area contributed by atoms with Crippen molar-refractivity contribution in [1.29, 1.82) is 0 Å². The summed E-state index contributed by atoms with van der Waals surface area (Å²) in [7, 11) is 1.91. The minimum Gasteiger partial charge on any atom is -0.383 e. The van der Waals surface area contributed by atoms with Crippen molar-refractivity contribution in [3.63, 3.8) is 0 Å². The Kier molecular flexibility index (Phi) is 2.73. The first-order chi connectivity index (χ1) is 7.18. The maximum Gasteiger partial charge on any atom is 0.126 e. The maximum absolute atomic E-state index is 5.78. The molecule has 2 heterocycles. The predicted molar refractivity (Wildman–Crippen MR) is 62.4 cm³/mol. The van der Waals surface area contributed by atoms with Crippen LogP contribution in [0, 0.1) is 0 Å². The van der Waals surface area contributed by atoms with Gasteiger partial charge in [-0.15, -0.1) is 0 Å². The van der Waals surface area contributed by atoms with E-state index in [0.717, 1.165) is 22.2 Å². The molecule has 0 amide bonds. The minimum absolute atomic E-state index is 0.575. The van der Waals surface area contributed by atoms with E-state index in [9.17, 15) is 0 Å². The third-order valence-corrected chi connectivity index (χ3v) is 2.96. The second-order valence-electron chi connectivity index (χ2n) is 3.29. The van der Waals surface area contributed by atoms with Crippen molar-refractivity contribution in [2.75, 3.05) is 5.73 Å². The van der Waals surface area contributed by atoms with Gasteiger partial charge in [0.2, 0.25) is 0 Å². The largest absolute Gasteiger partial charge is 0.383 e. The molecule has 15 heavy (non-hydrogen) atoms. The lowest BCUT2D eigenvalue weighted by atomic mass is 10.1. The van der Waals surface area contributed by atoms with Crippen LogP contribution in [0.5, 0.6) is 0 Å². The molecule has 5 heteroatoms. The quantitative estimate of drug-likeness (QED) is 0.901. The van der Waals surface area contributed by atoms with E-state index in [2.05, 4.69) is 26.0 Å². The number of nitrogen functional groups attached to an aromatic ring is 1. The highest BCUT2D eigenvalue weighted by Gasteiger charge is 2.08. The number of halogens is 1. The fourth-order valence-electron chi connectivity index (χ4n) is 1.42. The summed E-state index contributed by atoms with van der Waals surface area (Å²) in [6.45, 7) is 0. The molecule has 0 spiro atoms. The van der Waals surface area contributed by atoms with E-state index in [0.29, 0.717) is 5.82 Å². The molecular formula is C10H11BrN4. The summed E-state index contributed by atoms with van der Waals surface area (Å²) in [6, 6.07) is 3.86. The van der Waals surface area contributed by atoms with Crippen LogP contribution in [0.3, 0.4) is 0 Å². The van der Waals surface area contributed by atoms with Crippen molar-refractivity contribution < 1.29 is 0 Å². The number of nitrogens with zero attached hydrogens (tertiary/aromatic N) is 3. The third-order valence-electron chi connectivity index (χ3n) is 2.29. The number of rotatable bonds is 2. The molecule has 2 aromatic heterocycles. The lowest BCUT2D eigenvalue weighted by Gasteiger charge is -2.05. The summed E-state index contributed by atoms with van der Waals surface area (Å²) in [5, 5.41) is 4.15. The number of aromatic nitrogens is 3. The molecule has 0 aliphatic rings. The lowest BCUT2D eigenvalue weighted by Crippen LogP contribution is -2.03. The van der Waals surface area contributed by atoms with Crippen molar-refractivity contribution in [2.24, 2.45) is 7.05 Å². The molecule has 0 atom stereocenters. The zero-order valence-corrected chi connectivity index (χ0v) is 9.90. The summed E-state index contributed by atoms with van der Waals surface area (Å²) in [4.78, 5) is 4.05. The summed E-state index contributed by atoms with van der Waals surface area (Å²) in [6.07, 6.45) is 4.20. The fraction of sp³-hybridized carbons (Fsp3) is 0.200. The second-order valence-corrected chi connectivity index (χ2v) is 4.14. The highest BCUT2D eigenvalue weighted by molar-refractivity contribution is 9.10. The second kappa shape index (κ2) is 4.02. The van der Waals surface area contributed by atoms with Crippen LogP contribution in [-0.4, -0.2) is 14.8 Å². The molecule has 4 nitrogen and oxygen atoms in total. The Balaban J connectivity index is 2.34. The van der Waals surface area contributed by atoms with Gasteiger partial charge in [0.15, 0.2) is 0 Å². The van der Waals surface area contributed by atoms with Gasteiger partial charge in [0.1, 0.15) is 5.82 Å². The molecule has 0 saturated heterocycles. The van der Waals surface area contributed by atoms with Crippen LogP contribution in [0.25, 0.3) is 0 Å². The Bertz CT molecular complexity index is 459. The van der Waals surface area contributed by atoms with Crippen molar-refractivity contribution in [1.82, 2.24) is 14.8 Å². The number of anilines is 1. The van der Waals surface area contributed by atoms with Gasteiger partial charge < -0.3 is 5.73 Å². The predicted octanol–water partition coefficient (Wildman–Crippen LogP) is 1.75. The van der Waals surface area contributed by atoms with Crippen LogP contribution in [0.15, 0.2) is 29.0 Å². The topological polar surface area (TPSA) is 56.7 Å². The Morgan fingerprint density at radius 1 is 1.53 bits per heavy atom. The van der Waals surface area contributed by atoms with Crippen LogP contribution >= 0.6 is 15.9 Å². The van der Waals surface area contributed by atoms with Gasteiger partial charge in [-0.3, -0.25) is 4.68 Å². The Morgan fingerprint density at radius 2 is 2.33 bits per heavy atom. The summed E-state index contributed by atoms with van der Waals surface area (Å²) in [5.41, 5.74) is 7.89. The maximum atomic E-state index is 5.78. The van der Waals surface area contributed by atoms with E-state index >= 15 is 0 Å². The number of nitrogens with two attached hydrogens (primary N) is 1. The van der Waals surface area contributed by atoms with Gasteiger partial charge in [-0.2, -0.15) is 5.10 Å². The molecule has 0 saturated carbocycles. The van der Waals surface area contributed by atoms with E-state index in [1.165, 1.54) is 0 Å². The molecule has 2 rings (SSSR count). The van der Waals surface area contributed by atoms with Crippen molar-refractivity contribution >= 4 is 21.7 Å². The molecular weight excluding hydrogens is 256 g/mol. The molecule has 0 radical (unpaired) electrons. The van der Waals surface area contributed by atoms with Crippen molar-refractivity contribution in [3.05, 3.63) is 40.3 Å². The number of aryl methyl sites for hydroxylation is 1. The van der Waals surface area contributed by atoms with Crippen molar-refractivity contribution in [3.8, 4) is 0 Å². The third kappa shape index (κ3) is 2.02. The monoisotopic (exact) mass is 266 g/mol. The molecule has 2 N–H and O–H groups in total. The summed E-state index contributed by atoms with van der Waals surface area (Å²) in [5.74, 6) is 0.575. The molecule has 0 unspecified atom stereocenters. The molecule has 0 aliphatic heterocycles. The van der Waals surface area contributed by atoms with E-state index in [1.807, 2.05) is 23.9 Å². The zero-order valence-electron chi connectivity index (χ0n) is 8.31. The summed E-state index contributed by atoms with van der Waals surface area (Å²) >= 11 is 3.45. The Hall–Kier alpha value is -1.36. The van der Waals surface area contributed by atoms with Crippen molar-refractivity contribution in [2.45, 2.75) is 6.42 Å². The zero-order chi connectivity index (χ0) is 10.8. The van der Waals surface area contributed by atoms with Gasteiger partial charge >= 0.3 is 0 Å². The van der Waals surface area contributed by atoms with Crippen LogP contribution in [0.1, 0.15) is 11.3 Å². The van der Waals surface area contributed by atoms with Gasteiger partial charge in [-0.25, -0.2) is 4.98 Å². The molecule has 0 aliphatic carbocycles. The SMILES string of the molecule is Cn1ncc(Br)c1Cc1cccnc1N. The van der Waals surface area contributed by atoms with E-state index < -0.39 is 0 Å². The lowest BCUT2D eigenvalue weighted by molar-refractivity contribution is 0.723. The highest BCUT2D eigenvalue weighted by atomic mass is 79.9. The van der Waals surface area contributed by atoms with Gasteiger partial charge in [0.25, 0.3) is 0 Å². The molecule has 0 fully saturated rings. The number of hydrogen-bond donors (Lipinski definition) is 1. The number of pyridine rings is 1. The minimum atomic E-state index is 0.575. The van der Waals surface area contributed by atoms with Crippen LogP contribution in [0.4, 0.5) is 5.82 Å². The van der Waals surface area contributed by atoms with Gasteiger partial charge in [-0.05, 0) is 22.0 Å². The van der Waals surface area contributed by atoms with E-state index in [-0.39, 0.29) is 0 Å². The van der Waals surface area contributed by atoms with E-state index in [4.69, 9.17) is 5.73 Å². The fourth-order valence-corrected chi connectivity index (χ4v) is 1.90. The first-order valence-corrected chi connectivity index (χ1v) is 5.33. The van der Waals surface area contributed by atoms with Crippen LogP contribution in [-0.2, 0) is 13.5 Å². The van der Waals surface area contributed by atoms with E-state index in [1.54, 1.807) is 12.4 Å². The molecule has 2 aromatic rings. The first kappa shape index (κ1) is 10.2. The van der Waals surface area contributed by atoms with Gasteiger partial charge in [-0.1, -0.05) is 6.07 Å². The Morgan fingerprint density at radius 3 is 2.93 bits per heavy atom. The normalized spacial score (nSPS) is 10.5. The number of hydrogen-bond acceptors (Lipinski definition) is 3. The summed E-state index contributed by atoms with van der Waals surface area (Å²) < 4.78 is 2.82. The Labute approximate surface area is 96.3 Å². The van der Waals surface area contributed by atoms with Gasteiger partial charge in [0.05, 0.1) is 16.4 Å². The highest BCUT2D eigenvalue weighted by Crippen LogP contribution is 2.20. The van der Waals surface area contributed by atoms with Gasteiger partial charge in [0, 0.05) is 25.2 Å². The molecule has 0 aromatic carbocycles. The van der Waals surface area contributed by atoms with Crippen LogP contribution in [0.2, 0.25) is 0 Å². The standard InChI is InChI=1S/C10H11BrN4/c1-15-9(8(11)6-14-15)5-7-3-2-4-13-10(7)12/h2-4,6H,5H2,1H3,(H2,12,13). The smallest absolute Gasteiger partial charge is 0.126 e. The van der Waals surface area contributed by atoms with Crippen LogP contribution < -0.4 is 5.73 Å². The molecule has 78 valence electrons. The average Bonchev–Trinajstić information content (AvgIpc) is 2.53. The average molecular weight is 267 g/mol. The molecule has 0 bridgehead atoms. The first-order valence-electron chi connectivity index (χ1n) is 4.54.